The maximum absolute atomic E-state index is 12.7. The highest BCUT2D eigenvalue weighted by atomic mass is 32.1. The molecular weight excluding hydrogens is 450 g/mol. The van der Waals surface area contributed by atoms with E-state index in [1.54, 1.807) is 18.2 Å². The van der Waals surface area contributed by atoms with E-state index in [1.165, 1.54) is 6.07 Å². The lowest BCUT2D eigenvalue weighted by Crippen LogP contribution is -2.44. The van der Waals surface area contributed by atoms with Gasteiger partial charge < -0.3 is 31.3 Å². The van der Waals surface area contributed by atoms with Crippen molar-refractivity contribution in [3.63, 3.8) is 0 Å². The van der Waals surface area contributed by atoms with Crippen molar-refractivity contribution in [2.24, 2.45) is 0 Å². The molecule has 10 nitrogen and oxygen atoms in total. The summed E-state index contributed by atoms with van der Waals surface area (Å²) in [4.78, 5) is 47.5. The number of nitrogens with one attached hydrogen (secondary N) is 3. The van der Waals surface area contributed by atoms with Gasteiger partial charge in [-0.1, -0.05) is 30.3 Å². The summed E-state index contributed by atoms with van der Waals surface area (Å²) in [6.07, 6.45) is 0.250. The van der Waals surface area contributed by atoms with E-state index in [9.17, 15) is 29.4 Å². The lowest BCUT2D eigenvalue weighted by molar-refractivity contribution is -0.147. The van der Waals surface area contributed by atoms with Crippen LogP contribution in [0.25, 0.3) is 10.8 Å². The number of carboxylic acid groups (broad SMARTS) is 2. The third-order valence-corrected chi connectivity index (χ3v) is 6.53. The molecule has 0 fully saturated rings. The number of anilines is 1. The summed E-state index contributed by atoms with van der Waals surface area (Å²) in [6.45, 7) is 0.460. The number of rotatable bonds is 5. The van der Waals surface area contributed by atoms with Crippen molar-refractivity contribution in [3.05, 3.63) is 58.0 Å². The lowest BCUT2D eigenvalue weighted by atomic mass is 9.97. The van der Waals surface area contributed by atoms with Gasteiger partial charge in [-0.2, -0.15) is 0 Å². The monoisotopic (exact) mass is 469 g/mol. The highest BCUT2D eigenvalue weighted by Gasteiger charge is 2.30. The molecule has 170 valence electrons. The minimum Gasteiger partial charge on any atom is -0.506 e. The van der Waals surface area contributed by atoms with Gasteiger partial charge >= 0.3 is 17.8 Å². The number of phenolic OH excluding ortho intramolecular Hbond substituents is 1. The van der Waals surface area contributed by atoms with Crippen molar-refractivity contribution < 1.29 is 34.5 Å². The minimum absolute atomic E-state index is 0.0347. The van der Waals surface area contributed by atoms with Gasteiger partial charge in [0.25, 0.3) is 5.91 Å². The molecule has 0 aliphatic carbocycles. The third kappa shape index (κ3) is 4.36. The van der Waals surface area contributed by atoms with E-state index < -0.39 is 23.8 Å². The van der Waals surface area contributed by atoms with E-state index in [-0.39, 0.29) is 40.9 Å². The molecule has 1 atom stereocenters. The summed E-state index contributed by atoms with van der Waals surface area (Å²) in [6, 6.07) is 10.1. The summed E-state index contributed by atoms with van der Waals surface area (Å²) < 4.78 is 0. The molecule has 0 saturated carbocycles. The summed E-state index contributed by atoms with van der Waals surface area (Å²) in [5.41, 5.74) is 0.472. The quantitative estimate of drug-likeness (QED) is 0.308. The van der Waals surface area contributed by atoms with Crippen LogP contribution in [0.5, 0.6) is 5.75 Å². The molecule has 0 saturated heterocycles. The molecular formula is C22H19N3O7S. The van der Waals surface area contributed by atoms with E-state index in [0.29, 0.717) is 22.4 Å². The molecule has 1 aliphatic heterocycles. The number of hydrogen-bond donors (Lipinski definition) is 6. The Morgan fingerprint density at radius 3 is 2.58 bits per heavy atom. The molecule has 2 heterocycles. The first kappa shape index (κ1) is 22.2. The maximum Gasteiger partial charge on any atom is 0.394 e. The Bertz CT molecular complexity index is 1300. The van der Waals surface area contributed by atoms with Crippen molar-refractivity contribution >= 4 is 50.9 Å². The summed E-state index contributed by atoms with van der Waals surface area (Å²) in [5.74, 6) is -4.89. The van der Waals surface area contributed by atoms with Crippen LogP contribution in [-0.2, 0) is 22.6 Å². The molecule has 3 aromatic rings. The molecule has 1 aromatic heterocycles. The molecule has 11 heteroatoms. The molecule has 6 N–H and O–H groups in total. The predicted octanol–water partition coefficient (Wildman–Crippen LogP) is 1.77. The fraction of sp³-hybridized carbons (Fsp3) is 0.182. The average Bonchev–Trinajstić information content (AvgIpc) is 3.15. The number of aromatic carboxylic acids is 1. The zero-order chi connectivity index (χ0) is 23.7. The first-order chi connectivity index (χ1) is 15.8. The first-order valence-corrected chi connectivity index (χ1v) is 10.7. The average molecular weight is 469 g/mol. The van der Waals surface area contributed by atoms with Crippen LogP contribution in [0.3, 0.4) is 0 Å². The number of carbonyl (C=O) groups is 4. The number of fused-ring (bicyclic) bond motifs is 2. The number of thiophene rings is 1. The molecule has 4 rings (SSSR count). The van der Waals surface area contributed by atoms with Gasteiger partial charge in [-0.3, -0.25) is 9.59 Å². The van der Waals surface area contributed by atoms with E-state index in [4.69, 9.17) is 5.11 Å². The Balaban J connectivity index is 1.48. The summed E-state index contributed by atoms with van der Waals surface area (Å²) in [5, 5.41) is 38.3. The van der Waals surface area contributed by atoms with Gasteiger partial charge in [-0.15, -0.1) is 11.3 Å². The molecule has 1 aliphatic rings. The Labute approximate surface area is 190 Å². The summed E-state index contributed by atoms with van der Waals surface area (Å²) in [7, 11) is 0. The van der Waals surface area contributed by atoms with Crippen molar-refractivity contribution in [1.29, 1.82) is 0 Å². The smallest absolute Gasteiger partial charge is 0.394 e. The van der Waals surface area contributed by atoms with Gasteiger partial charge in [-0.25, -0.2) is 9.59 Å². The second-order valence-corrected chi connectivity index (χ2v) is 8.55. The van der Waals surface area contributed by atoms with Crippen LogP contribution in [-0.4, -0.2) is 51.7 Å². The van der Waals surface area contributed by atoms with E-state index in [1.807, 2.05) is 12.1 Å². The summed E-state index contributed by atoms with van der Waals surface area (Å²) >= 11 is 1.00. The fourth-order valence-electron chi connectivity index (χ4n) is 3.79. The molecule has 0 unspecified atom stereocenters. The Hall–Kier alpha value is -3.96. The fourth-order valence-corrected chi connectivity index (χ4v) is 4.96. The van der Waals surface area contributed by atoms with Gasteiger partial charge in [0.2, 0.25) is 0 Å². The second-order valence-electron chi connectivity index (χ2n) is 7.45. The molecule has 0 radical (unpaired) electrons. The number of phenols is 1. The van der Waals surface area contributed by atoms with Crippen LogP contribution < -0.4 is 16.0 Å². The maximum atomic E-state index is 12.7. The molecule has 2 amide bonds. The van der Waals surface area contributed by atoms with Gasteiger partial charge in [0, 0.05) is 29.4 Å². The lowest BCUT2D eigenvalue weighted by Gasteiger charge is -2.24. The van der Waals surface area contributed by atoms with E-state index in [2.05, 4.69) is 16.0 Å². The van der Waals surface area contributed by atoms with Crippen LogP contribution in [0.15, 0.2) is 36.4 Å². The van der Waals surface area contributed by atoms with Crippen molar-refractivity contribution in [2.75, 3.05) is 11.9 Å². The van der Waals surface area contributed by atoms with Crippen LogP contribution in [0.4, 0.5) is 5.00 Å². The van der Waals surface area contributed by atoms with Crippen LogP contribution in [0.1, 0.15) is 31.2 Å². The van der Waals surface area contributed by atoms with Crippen LogP contribution in [0.2, 0.25) is 0 Å². The van der Waals surface area contributed by atoms with E-state index >= 15 is 0 Å². The highest BCUT2D eigenvalue weighted by molar-refractivity contribution is 7.17. The van der Waals surface area contributed by atoms with Crippen LogP contribution in [0, 0.1) is 0 Å². The second kappa shape index (κ2) is 8.88. The normalized spacial score (nSPS) is 15.0. The van der Waals surface area contributed by atoms with Crippen molar-refractivity contribution in [2.45, 2.75) is 19.0 Å². The molecule has 0 bridgehead atoms. The van der Waals surface area contributed by atoms with Crippen molar-refractivity contribution in [1.82, 2.24) is 10.6 Å². The zero-order valence-electron chi connectivity index (χ0n) is 17.0. The number of hydrogen-bond acceptors (Lipinski definition) is 7. The Kier molecular flexibility index (Phi) is 5.99. The van der Waals surface area contributed by atoms with Gasteiger partial charge in [0.05, 0.1) is 11.1 Å². The zero-order valence-corrected chi connectivity index (χ0v) is 17.9. The predicted molar refractivity (Wildman–Crippen MR) is 120 cm³/mol. The molecule has 33 heavy (non-hydrogen) atoms. The number of carbonyl (C=O) groups excluding carboxylic acids is 2. The van der Waals surface area contributed by atoms with Gasteiger partial charge in [0.15, 0.2) is 0 Å². The van der Waals surface area contributed by atoms with Crippen LogP contribution >= 0.6 is 11.3 Å². The molecule has 2 aromatic carbocycles. The Morgan fingerprint density at radius 2 is 1.85 bits per heavy atom. The van der Waals surface area contributed by atoms with Gasteiger partial charge in [-0.05, 0) is 23.4 Å². The minimum atomic E-state index is -1.71. The van der Waals surface area contributed by atoms with E-state index in [0.717, 1.165) is 16.7 Å². The number of aliphatic carboxylic acids is 1. The van der Waals surface area contributed by atoms with Gasteiger partial charge in [0.1, 0.15) is 10.8 Å². The SMILES string of the molecule is O=C(O)C(=O)Nc1sc2c(c1C(=O)O)C[C@@H](CNC(=O)c1ccc3ccccc3c1O)NC2. The number of benzene rings is 2. The number of aromatic hydroxyl groups is 1. The van der Waals surface area contributed by atoms with Crippen molar-refractivity contribution in [3.8, 4) is 5.75 Å². The number of amides is 2. The largest absolute Gasteiger partial charge is 0.506 e. The number of carboxylic acids is 2. The first-order valence-electron chi connectivity index (χ1n) is 9.90. The topological polar surface area (TPSA) is 165 Å². The molecule has 0 spiro atoms. The third-order valence-electron chi connectivity index (χ3n) is 5.38. The standard InChI is InChI=1S/C22H19N3O7S/c26-17-12-4-2-1-3-10(12)5-6-13(17)18(27)24-8-11-7-14-15(9-23-11)33-20(16(14)21(29)30)25-19(28)22(31)32/h1-6,11,23,26H,7-9H2,(H,24,27)(H,25,28)(H,29,30)(H,31,32)/t11-/m0/s1. The Morgan fingerprint density at radius 1 is 1.09 bits per heavy atom. The highest BCUT2D eigenvalue weighted by Crippen LogP contribution is 2.36.